The number of likely N-dealkylation sites (tertiary alicyclic amines) is 1. The summed E-state index contributed by atoms with van der Waals surface area (Å²) in [7, 11) is 1.89. The molecule has 3 aromatic rings. The molecule has 0 aliphatic carbocycles. The summed E-state index contributed by atoms with van der Waals surface area (Å²) in [6, 6.07) is 1.84. The van der Waals surface area contributed by atoms with Gasteiger partial charge in [0.05, 0.1) is 18.4 Å². The molecule has 1 aliphatic heterocycles. The van der Waals surface area contributed by atoms with Crippen molar-refractivity contribution in [3.8, 4) is 10.8 Å². The van der Waals surface area contributed by atoms with Gasteiger partial charge in [-0.3, -0.25) is 9.48 Å². The van der Waals surface area contributed by atoms with Crippen LogP contribution in [0.5, 0.6) is 0 Å². The average Bonchev–Trinajstić information content (AvgIpc) is 3.35. The van der Waals surface area contributed by atoms with Crippen molar-refractivity contribution in [2.45, 2.75) is 18.9 Å². The van der Waals surface area contributed by atoms with E-state index in [2.05, 4.69) is 20.1 Å². The third kappa shape index (κ3) is 2.69. The minimum atomic E-state index is 0.0148. The van der Waals surface area contributed by atoms with Crippen molar-refractivity contribution in [1.82, 2.24) is 29.6 Å². The Morgan fingerprint density at radius 3 is 2.83 bits per heavy atom. The van der Waals surface area contributed by atoms with Crippen LogP contribution in [0.15, 0.2) is 37.1 Å². The monoisotopic (exact) mass is 340 g/mol. The first-order valence-electron chi connectivity index (χ1n) is 7.75. The van der Waals surface area contributed by atoms with Gasteiger partial charge in [0.15, 0.2) is 10.8 Å². The number of thiazole rings is 1. The van der Waals surface area contributed by atoms with E-state index in [4.69, 9.17) is 0 Å². The van der Waals surface area contributed by atoms with Crippen LogP contribution in [0.1, 0.15) is 34.1 Å². The number of aromatic nitrogens is 5. The Labute approximate surface area is 143 Å². The summed E-state index contributed by atoms with van der Waals surface area (Å²) in [6.45, 7) is 0.757. The van der Waals surface area contributed by atoms with Crippen LogP contribution in [-0.2, 0) is 7.05 Å². The largest absolute Gasteiger partial charge is 0.331 e. The SMILES string of the molecule is Cn1cc([C@@H]2CCCN2C(=O)c2cnc(-c3ncccn3)s2)cn1. The predicted molar refractivity (Wildman–Crippen MR) is 89.4 cm³/mol. The second-order valence-corrected chi connectivity index (χ2v) is 6.74. The topological polar surface area (TPSA) is 76.8 Å². The van der Waals surface area contributed by atoms with E-state index in [9.17, 15) is 4.79 Å². The smallest absolute Gasteiger partial charge is 0.266 e. The van der Waals surface area contributed by atoms with Crippen LogP contribution in [0, 0.1) is 0 Å². The summed E-state index contributed by atoms with van der Waals surface area (Å²) >= 11 is 1.34. The van der Waals surface area contributed by atoms with Gasteiger partial charge in [-0.25, -0.2) is 15.0 Å². The first-order valence-corrected chi connectivity index (χ1v) is 8.57. The molecule has 1 aliphatic rings. The van der Waals surface area contributed by atoms with Crippen LogP contribution < -0.4 is 0 Å². The molecule has 7 nitrogen and oxygen atoms in total. The molecule has 4 heterocycles. The molecule has 1 amide bonds. The minimum Gasteiger partial charge on any atom is -0.331 e. The summed E-state index contributed by atoms with van der Waals surface area (Å²) in [6.07, 6.45) is 10.7. The highest BCUT2D eigenvalue weighted by atomic mass is 32.1. The fourth-order valence-corrected chi connectivity index (χ4v) is 3.82. The third-order valence-corrected chi connectivity index (χ3v) is 5.08. The number of hydrogen-bond acceptors (Lipinski definition) is 6. The summed E-state index contributed by atoms with van der Waals surface area (Å²) in [5.41, 5.74) is 1.08. The molecule has 0 radical (unpaired) electrons. The van der Waals surface area contributed by atoms with E-state index in [1.165, 1.54) is 11.3 Å². The van der Waals surface area contributed by atoms with Crippen molar-refractivity contribution in [3.63, 3.8) is 0 Å². The lowest BCUT2D eigenvalue weighted by atomic mass is 10.1. The number of carbonyl (C=O) groups excluding carboxylic acids is 1. The second kappa shape index (κ2) is 6.12. The Balaban J connectivity index is 1.58. The fourth-order valence-electron chi connectivity index (χ4n) is 3.00. The number of hydrogen-bond donors (Lipinski definition) is 0. The van der Waals surface area contributed by atoms with Crippen molar-refractivity contribution >= 4 is 17.2 Å². The van der Waals surface area contributed by atoms with Gasteiger partial charge >= 0.3 is 0 Å². The first-order chi connectivity index (χ1) is 11.7. The average molecular weight is 340 g/mol. The lowest BCUT2D eigenvalue weighted by molar-refractivity contribution is 0.0740. The lowest BCUT2D eigenvalue weighted by Gasteiger charge is -2.23. The summed E-state index contributed by atoms with van der Waals surface area (Å²) in [4.78, 5) is 28.1. The Hall–Kier alpha value is -2.61. The molecule has 1 saturated heterocycles. The van der Waals surface area contributed by atoms with E-state index in [-0.39, 0.29) is 11.9 Å². The maximum atomic E-state index is 12.9. The molecule has 0 spiro atoms. The zero-order valence-corrected chi connectivity index (χ0v) is 14.0. The Morgan fingerprint density at radius 1 is 1.25 bits per heavy atom. The number of carbonyl (C=O) groups is 1. The third-order valence-electron chi connectivity index (χ3n) is 4.10. The molecule has 0 N–H and O–H groups in total. The Bertz CT molecular complexity index is 858. The zero-order valence-electron chi connectivity index (χ0n) is 13.2. The number of amides is 1. The van der Waals surface area contributed by atoms with Crippen LogP contribution in [0.4, 0.5) is 0 Å². The predicted octanol–water partition coefficient (Wildman–Crippen LogP) is 2.31. The van der Waals surface area contributed by atoms with Gasteiger partial charge in [-0.05, 0) is 18.9 Å². The van der Waals surface area contributed by atoms with Crippen molar-refractivity contribution in [1.29, 1.82) is 0 Å². The summed E-state index contributed by atoms with van der Waals surface area (Å²) < 4.78 is 1.77. The van der Waals surface area contributed by atoms with Crippen molar-refractivity contribution in [2.24, 2.45) is 7.05 Å². The van der Waals surface area contributed by atoms with Crippen LogP contribution in [0.3, 0.4) is 0 Å². The minimum absolute atomic E-state index is 0.0148. The summed E-state index contributed by atoms with van der Waals surface area (Å²) in [5, 5.41) is 4.89. The fraction of sp³-hybridized carbons (Fsp3) is 0.312. The number of rotatable bonds is 3. The second-order valence-electron chi connectivity index (χ2n) is 5.71. The van der Waals surface area contributed by atoms with Gasteiger partial charge in [-0.1, -0.05) is 0 Å². The van der Waals surface area contributed by atoms with E-state index < -0.39 is 0 Å². The normalized spacial score (nSPS) is 17.4. The van der Waals surface area contributed by atoms with Gasteiger partial charge in [-0.2, -0.15) is 5.10 Å². The maximum Gasteiger partial charge on any atom is 0.266 e. The highest BCUT2D eigenvalue weighted by Gasteiger charge is 2.32. The summed E-state index contributed by atoms with van der Waals surface area (Å²) in [5.74, 6) is 0.563. The lowest BCUT2D eigenvalue weighted by Crippen LogP contribution is -2.29. The molecule has 0 bridgehead atoms. The van der Waals surface area contributed by atoms with Crippen LogP contribution in [0.2, 0.25) is 0 Å². The standard InChI is InChI=1S/C16H16N6OS/c1-21-10-11(8-20-21)12-4-2-7-22(12)16(23)13-9-19-15(24-13)14-17-5-3-6-18-14/h3,5-6,8-10,12H,2,4,7H2,1H3/t12-/m0/s1. The molecule has 24 heavy (non-hydrogen) atoms. The molecule has 1 fully saturated rings. The molecular weight excluding hydrogens is 324 g/mol. The molecule has 8 heteroatoms. The van der Waals surface area contributed by atoms with Gasteiger partial charge in [-0.15, -0.1) is 11.3 Å². The molecule has 0 unspecified atom stereocenters. The highest BCUT2D eigenvalue weighted by Crippen LogP contribution is 2.34. The molecule has 4 rings (SSSR count). The zero-order chi connectivity index (χ0) is 16.5. The van der Waals surface area contributed by atoms with Gasteiger partial charge in [0, 0.05) is 37.7 Å². The number of aryl methyl sites for hydroxylation is 1. The molecule has 0 saturated carbocycles. The van der Waals surface area contributed by atoms with Gasteiger partial charge in [0.2, 0.25) is 0 Å². The quantitative estimate of drug-likeness (QED) is 0.731. The van der Waals surface area contributed by atoms with E-state index in [1.807, 2.05) is 24.3 Å². The molecule has 0 aromatic carbocycles. The molecular formula is C16H16N6OS. The van der Waals surface area contributed by atoms with Crippen molar-refractivity contribution in [2.75, 3.05) is 6.54 Å². The Morgan fingerprint density at radius 2 is 2.08 bits per heavy atom. The first kappa shape index (κ1) is 14.9. The maximum absolute atomic E-state index is 12.9. The van der Waals surface area contributed by atoms with E-state index in [0.29, 0.717) is 15.7 Å². The molecule has 1 atom stereocenters. The van der Waals surface area contributed by atoms with Crippen LogP contribution in [0.25, 0.3) is 10.8 Å². The Kier molecular flexibility index (Phi) is 3.81. The van der Waals surface area contributed by atoms with Crippen LogP contribution in [-0.4, -0.2) is 42.1 Å². The highest BCUT2D eigenvalue weighted by molar-refractivity contribution is 7.16. The van der Waals surface area contributed by atoms with Crippen molar-refractivity contribution < 1.29 is 4.79 Å². The van der Waals surface area contributed by atoms with E-state index in [1.54, 1.807) is 29.3 Å². The van der Waals surface area contributed by atoms with Gasteiger partial charge < -0.3 is 4.90 Å². The van der Waals surface area contributed by atoms with E-state index in [0.717, 1.165) is 24.9 Å². The van der Waals surface area contributed by atoms with Crippen molar-refractivity contribution in [3.05, 3.63) is 47.5 Å². The molecule has 3 aromatic heterocycles. The van der Waals surface area contributed by atoms with Crippen LogP contribution >= 0.6 is 11.3 Å². The molecule has 122 valence electrons. The van der Waals surface area contributed by atoms with Gasteiger partial charge in [0.25, 0.3) is 5.91 Å². The van der Waals surface area contributed by atoms with Gasteiger partial charge in [0.1, 0.15) is 4.88 Å². The van der Waals surface area contributed by atoms with E-state index >= 15 is 0 Å². The number of nitrogens with zero attached hydrogens (tertiary/aromatic N) is 6.